The first-order chi connectivity index (χ1) is 12.4. The van der Waals surface area contributed by atoms with Crippen molar-refractivity contribution in [1.82, 2.24) is 14.7 Å². The number of nitrogens with zero attached hydrogens (tertiary/aromatic N) is 3. The number of amides is 1. The number of aromatic nitrogens is 2. The Balaban J connectivity index is 1.87. The predicted octanol–water partition coefficient (Wildman–Crippen LogP) is 2.54. The van der Waals surface area contributed by atoms with E-state index in [-0.39, 0.29) is 24.5 Å². The minimum atomic E-state index is -0.932. The second-order valence-corrected chi connectivity index (χ2v) is 6.79. The number of halogens is 1. The van der Waals surface area contributed by atoms with Crippen molar-refractivity contribution in [3.05, 3.63) is 46.7 Å². The van der Waals surface area contributed by atoms with Gasteiger partial charge in [-0.1, -0.05) is 11.6 Å². The van der Waals surface area contributed by atoms with Crippen LogP contribution in [0.4, 0.5) is 0 Å². The molecule has 1 amide bonds. The lowest BCUT2D eigenvalue weighted by atomic mass is 10.1. The Hall–Kier alpha value is -2.38. The second-order valence-electron chi connectivity index (χ2n) is 6.35. The number of benzene rings is 1. The van der Waals surface area contributed by atoms with Gasteiger partial charge in [0.25, 0.3) is 5.91 Å². The largest absolute Gasteiger partial charge is 0.481 e. The maximum atomic E-state index is 13.0. The van der Waals surface area contributed by atoms with Crippen molar-refractivity contribution in [3.63, 3.8) is 0 Å². The van der Waals surface area contributed by atoms with Crippen LogP contribution in [0.1, 0.15) is 28.9 Å². The Labute approximate surface area is 156 Å². The summed E-state index contributed by atoms with van der Waals surface area (Å²) in [6.45, 7) is 2.13. The van der Waals surface area contributed by atoms with Crippen LogP contribution in [-0.2, 0) is 9.53 Å². The summed E-state index contributed by atoms with van der Waals surface area (Å²) in [5.74, 6) is -1.16. The molecule has 0 spiro atoms. The van der Waals surface area contributed by atoms with E-state index < -0.39 is 5.97 Å². The molecule has 0 aliphatic carbocycles. The Morgan fingerprint density at radius 3 is 2.65 bits per heavy atom. The topological polar surface area (TPSA) is 84.7 Å². The normalized spacial score (nSPS) is 19.7. The summed E-state index contributed by atoms with van der Waals surface area (Å²) >= 11 is 5.91. The molecule has 26 heavy (non-hydrogen) atoms. The first-order valence-electron chi connectivity index (χ1n) is 8.26. The lowest BCUT2D eigenvalue weighted by Gasteiger charge is -2.22. The van der Waals surface area contributed by atoms with Crippen LogP contribution in [0, 0.1) is 6.92 Å². The minimum absolute atomic E-state index is 0.101. The number of hydrogen-bond acceptors (Lipinski definition) is 4. The Morgan fingerprint density at radius 2 is 2.04 bits per heavy atom. The molecule has 1 aliphatic rings. The van der Waals surface area contributed by atoms with E-state index in [9.17, 15) is 9.59 Å². The highest BCUT2D eigenvalue weighted by molar-refractivity contribution is 6.30. The number of methoxy groups -OCH3 is 1. The van der Waals surface area contributed by atoms with E-state index in [0.717, 1.165) is 5.69 Å². The molecule has 2 atom stereocenters. The zero-order chi connectivity index (χ0) is 18.8. The Bertz CT molecular complexity index is 818. The van der Waals surface area contributed by atoms with Crippen molar-refractivity contribution in [2.75, 3.05) is 13.7 Å². The van der Waals surface area contributed by atoms with Crippen molar-refractivity contribution in [2.24, 2.45) is 0 Å². The summed E-state index contributed by atoms with van der Waals surface area (Å²) in [5.41, 5.74) is 1.82. The van der Waals surface area contributed by atoms with Gasteiger partial charge in [-0.2, -0.15) is 5.10 Å². The number of carboxylic acids is 1. The molecule has 1 saturated heterocycles. The molecule has 1 aliphatic heterocycles. The van der Waals surface area contributed by atoms with Gasteiger partial charge in [0.1, 0.15) is 0 Å². The SMILES string of the molecule is COC1CC(CC(=O)O)N(C(=O)c2cn(-c3ccc(Cl)cc3)nc2C)C1. The van der Waals surface area contributed by atoms with E-state index in [1.165, 1.54) is 0 Å². The molecule has 8 heteroatoms. The summed E-state index contributed by atoms with van der Waals surface area (Å²) in [6, 6.07) is 6.74. The number of likely N-dealkylation sites (tertiary alicyclic amines) is 1. The van der Waals surface area contributed by atoms with Gasteiger partial charge in [-0.15, -0.1) is 0 Å². The summed E-state index contributed by atoms with van der Waals surface area (Å²) < 4.78 is 6.96. The number of ether oxygens (including phenoxy) is 1. The molecule has 1 fully saturated rings. The highest BCUT2D eigenvalue weighted by atomic mass is 35.5. The first kappa shape index (κ1) is 18.4. The monoisotopic (exact) mass is 377 g/mol. The summed E-state index contributed by atoms with van der Waals surface area (Å²) in [6.07, 6.45) is 1.92. The van der Waals surface area contributed by atoms with Gasteiger partial charge in [-0.05, 0) is 37.6 Å². The van der Waals surface area contributed by atoms with Gasteiger partial charge < -0.3 is 14.7 Å². The fourth-order valence-electron chi connectivity index (χ4n) is 3.24. The molecule has 0 radical (unpaired) electrons. The lowest BCUT2D eigenvalue weighted by Crippen LogP contribution is -2.37. The second kappa shape index (κ2) is 7.47. The Kier molecular flexibility index (Phi) is 5.29. The molecule has 1 aromatic carbocycles. The van der Waals surface area contributed by atoms with Crippen LogP contribution in [0.25, 0.3) is 5.69 Å². The number of rotatable bonds is 5. The maximum absolute atomic E-state index is 13.0. The van der Waals surface area contributed by atoms with E-state index in [1.54, 1.807) is 41.9 Å². The number of carbonyl (C=O) groups is 2. The van der Waals surface area contributed by atoms with Crippen LogP contribution in [-0.4, -0.2) is 57.5 Å². The molecule has 3 rings (SSSR count). The van der Waals surface area contributed by atoms with Crippen LogP contribution < -0.4 is 0 Å². The molecular formula is C18H20ClN3O4. The van der Waals surface area contributed by atoms with Crippen LogP contribution in [0.3, 0.4) is 0 Å². The van der Waals surface area contributed by atoms with E-state index in [0.29, 0.717) is 29.2 Å². The van der Waals surface area contributed by atoms with E-state index in [2.05, 4.69) is 5.10 Å². The summed E-state index contributed by atoms with van der Waals surface area (Å²) in [5, 5.41) is 14.2. The van der Waals surface area contributed by atoms with Crippen molar-refractivity contribution in [2.45, 2.75) is 31.9 Å². The zero-order valence-corrected chi connectivity index (χ0v) is 15.3. The molecule has 0 bridgehead atoms. The molecule has 1 aromatic heterocycles. The molecule has 2 aromatic rings. The highest BCUT2D eigenvalue weighted by Gasteiger charge is 2.37. The molecular weight excluding hydrogens is 358 g/mol. The third kappa shape index (κ3) is 3.73. The summed E-state index contributed by atoms with van der Waals surface area (Å²) in [7, 11) is 1.57. The molecule has 2 heterocycles. The maximum Gasteiger partial charge on any atom is 0.305 e. The lowest BCUT2D eigenvalue weighted by molar-refractivity contribution is -0.137. The molecule has 1 N–H and O–H groups in total. The number of carbonyl (C=O) groups excluding carboxylic acids is 1. The molecule has 138 valence electrons. The molecule has 2 unspecified atom stereocenters. The molecule has 0 saturated carbocycles. The third-order valence-electron chi connectivity index (χ3n) is 4.60. The van der Waals surface area contributed by atoms with E-state index in [1.807, 2.05) is 12.1 Å². The van der Waals surface area contributed by atoms with Gasteiger partial charge in [-0.3, -0.25) is 9.59 Å². The van der Waals surface area contributed by atoms with Gasteiger partial charge in [0, 0.05) is 30.9 Å². The smallest absolute Gasteiger partial charge is 0.305 e. The van der Waals surface area contributed by atoms with Crippen molar-refractivity contribution < 1.29 is 19.4 Å². The number of carboxylic acid groups (broad SMARTS) is 1. The van der Waals surface area contributed by atoms with E-state index >= 15 is 0 Å². The summed E-state index contributed by atoms with van der Waals surface area (Å²) in [4.78, 5) is 25.7. The van der Waals surface area contributed by atoms with Crippen molar-refractivity contribution >= 4 is 23.5 Å². The van der Waals surface area contributed by atoms with Crippen LogP contribution in [0.5, 0.6) is 0 Å². The highest BCUT2D eigenvalue weighted by Crippen LogP contribution is 2.26. The first-order valence-corrected chi connectivity index (χ1v) is 8.64. The van der Waals surface area contributed by atoms with Crippen molar-refractivity contribution in [1.29, 1.82) is 0 Å². The van der Waals surface area contributed by atoms with Gasteiger partial charge in [0.15, 0.2) is 0 Å². The fraction of sp³-hybridized carbons (Fsp3) is 0.389. The van der Waals surface area contributed by atoms with Crippen LogP contribution in [0.15, 0.2) is 30.5 Å². The average molecular weight is 378 g/mol. The van der Waals surface area contributed by atoms with E-state index in [4.69, 9.17) is 21.4 Å². The number of aryl methyl sites for hydroxylation is 1. The van der Waals surface area contributed by atoms with Gasteiger partial charge in [0.05, 0.1) is 29.5 Å². The van der Waals surface area contributed by atoms with Crippen LogP contribution >= 0.6 is 11.6 Å². The standard InChI is InChI=1S/C18H20ClN3O4/c1-11-16(10-22(20-11)13-5-3-12(19)4-6-13)18(25)21-9-15(26-2)7-14(21)8-17(23)24/h3-6,10,14-15H,7-9H2,1-2H3,(H,23,24). The Morgan fingerprint density at radius 1 is 1.35 bits per heavy atom. The van der Waals surface area contributed by atoms with Crippen molar-refractivity contribution in [3.8, 4) is 5.69 Å². The zero-order valence-electron chi connectivity index (χ0n) is 14.6. The minimum Gasteiger partial charge on any atom is -0.481 e. The number of hydrogen-bond donors (Lipinski definition) is 1. The van der Waals surface area contributed by atoms with Gasteiger partial charge in [-0.25, -0.2) is 4.68 Å². The average Bonchev–Trinajstić information content (AvgIpc) is 3.18. The quantitative estimate of drug-likeness (QED) is 0.865. The predicted molar refractivity (Wildman–Crippen MR) is 95.8 cm³/mol. The number of aliphatic carboxylic acids is 1. The molecule has 7 nitrogen and oxygen atoms in total. The third-order valence-corrected chi connectivity index (χ3v) is 4.85. The van der Waals surface area contributed by atoms with Gasteiger partial charge >= 0.3 is 5.97 Å². The van der Waals surface area contributed by atoms with Crippen LogP contribution in [0.2, 0.25) is 5.02 Å². The van der Waals surface area contributed by atoms with Gasteiger partial charge in [0.2, 0.25) is 0 Å². The fourth-order valence-corrected chi connectivity index (χ4v) is 3.37.